The standard InChI is InChI=1S/C11H15N3O3/c1-12-5-10(15)13-8-2-3-14(11(16)4-8)9-6-17-7-9/h2-4,9,12H,5-7H2,1H3,(H,13,15). The second-order valence-electron chi connectivity index (χ2n) is 3.93. The van der Waals surface area contributed by atoms with E-state index in [2.05, 4.69) is 10.6 Å². The normalized spacial score (nSPS) is 15.4. The molecule has 0 aliphatic carbocycles. The molecule has 17 heavy (non-hydrogen) atoms. The molecule has 0 bridgehead atoms. The number of nitrogens with zero attached hydrogens (tertiary/aromatic N) is 1. The third-order valence-electron chi connectivity index (χ3n) is 2.58. The highest BCUT2D eigenvalue weighted by atomic mass is 16.5. The zero-order valence-corrected chi connectivity index (χ0v) is 9.60. The highest BCUT2D eigenvalue weighted by Crippen LogP contribution is 2.15. The van der Waals surface area contributed by atoms with E-state index in [-0.39, 0.29) is 24.1 Å². The van der Waals surface area contributed by atoms with Gasteiger partial charge in [0, 0.05) is 18.0 Å². The molecule has 6 heteroatoms. The molecule has 1 aromatic heterocycles. The van der Waals surface area contributed by atoms with Crippen LogP contribution in [0.1, 0.15) is 6.04 Å². The number of hydrogen-bond acceptors (Lipinski definition) is 4. The van der Waals surface area contributed by atoms with Crippen molar-refractivity contribution in [3.8, 4) is 0 Å². The first-order valence-electron chi connectivity index (χ1n) is 5.45. The Bertz CT molecular complexity index is 465. The summed E-state index contributed by atoms with van der Waals surface area (Å²) in [6.45, 7) is 1.37. The monoisotopic (exact) mass is 237 g/mol. The topological polar surface area (TPSA) is 72.4 Å². The Hall–Kier alpha value is -1.66. The molecule has 1 aliphatic rings. The quantitative estimate of drug-likeness (QED) is 0.746. The lowest BCUT2D eigenvalue weighted by molar-refractivity contribution is -0.115. The van der Waals surface area contributed by atoms with Gasteiger partial charge in [-0.3, -0.25) is 9.59 Å². The molecule has 2 N–H and O–H groups in total. The van der Waals surface area contributed by atoms with Crippen LogP contribution in [-0.2, 0) is 9.53 Å². The number of likely N-dealkylation sites (N-methyl/N-ethyl adjacent to an activating group) is 1. The number of hydrogen-bond donors (Lipinski definition) is 2. The minimum absolute atomic E-state index is 0.124. The van der Waals surface area contributed by atoms with Crippen molar-refractivity contribution < 1.29 is 9.53 Å². The first kappa shape index (κ1) is 11.8. The fraction of sp³-hybridized carbons (Fsp3) is 0.455. The fourth-order valence-electron chi connectivity index (χ4n) is 1.62. The zero-order chi connectivity index (χ0) is 12.3. The van der Waals surface area contributed by atoms with Crippen LogP contribution in [0, 0.1) is 0 Å². The number of nitrogens with one attached hydrogen (secondary N) is 2. The fourth-order valence-corrected chi connectivity index (χ4v) is 1.62. The number of carbonyl (C=O) groups is 1. The minimum atomic E-state index is -0.170. The molecule has 0 spiro atoms. The molecule has 0 saturated carbocycles. The first-order valence-corrected chi connectivity index (χ1v) is 5.45. The van der Waals surface area contributed by atoms with Gasteiger partial charge in [-0.15, -0.1) is 0 Å². The van der Waals surface area contributed by atoms with Gasteiger partial charge in [0.05, 0.1) is 25.8 Å². The smallest absolute Gasteiger partial charge is 0.253 e. The van der Waals surface area contributed by atoms with Crippen molar-refractivity contribution >= 4 is 11.6 Å². The third-order valence-corrected chi connectivity index (χ3v) is 2.58. The Balaban J connectivity index is 2.08. The van der Waals surface area contributed by atoms with E-state index in [1.807, 2.05) is 0 Å². The van der Waals surface area contributed by atoms with Gasteiger partial charge >= 0.3 is 0 Å². The Morgan fingerprint density at radius 2 is 2.35 bits per heavy atom. The molecular formula is C11H15N3O3. The summed E-state index contributed by atoms with van der Waals surface area (Å²) in [6.07, 6.45) is 1.69. The number of pyridine rings is 1. The second-order valence-corrected chi connectivity index (χ2v) is 3.93. The number of aromatic nitrogens is 1. The van der Waals surface area contributed by atoms with Crippen molar-refractivity contribution in [3.63, 3.8) is 0 Å². The van der Waals surface area contributed by atoms with Gasteiger partial charge in [0.1, 0.15) is 0 Å². The summed E-state index contributed by atoms with van der Waals surface area (Å²) < 4.78 is 6.66. The molecule has 1 amide bonds. The largest absolute Gasteiger partial charge is 0.377 e. The Morgan fingerprint density at radius 3 is 2.88 bits per heavy atom. The van der Waals surface area contributed by atoms with Gasteiger partial charge in [-0.25, -0.2) is 0 Å². The van der Waals surface area contributed by atoms with Gasteiger partial charge in [0.2, 0.25) is 5.91 Å². The van der Waals surface area contributed by atoms with E-state index in [0.717, 1.165) is 0 Å². The van der Waals surface area contributed by atoms with Gasteiger partial charge in [0.25, 0.3) is 5.56 Å². The third kappa shape index (κ3) is 2.72. The van der Waals surface area contributed by atoms with Crippen LogP contribution in [0.5, 0.6) is 0 Å². The predicted octanol–water partition coefficient (Wildman–Crippen LogP) is -0.422. The van der Waals surface area contributed by atoms with Crippen LogP contribution in [0.15, 0.2) is 23.1 Å². The molecule has 0 unspecified atom stereocenters. The average molecular weight is 237 g/mol. The van der Waals surface area contributed by atoms with Gasteiger partial charge in [0.15, 0.2) is 0 Å². The van der Waals surface area contributed by atoms with Crippen LogP contribution in [-0.4, -0.2) is 37.3 Å². The van der Waals surface area contributed by atoms with Crippen LogP contribution >= 0.6 is 0 Å². The van der Waals surface area contributed by atoms with Crippen molar-refractivity contribution in [3.05, 3.63) is 28.7 Å². The number of carbonyl (C=O) groups excluding carboxylic acids is 1. The van der Waals surface area contributed by atoms with E-state index in [0.29, 0.717) is 18.9 Å². The molecule has 0 aromatic carbocycles. The van der Waals surface area contributed by atoms with Crippen LogP contribution in [0.25, 0.3) is 0 Å². The van der Waals surface area contributed by atoms with Crippen LogP contribution in [0.3, 0.4) is 0 Å². The summed E-state index contributed by atoms with van der Waals surface area (Å²) in [4.78, 5) is 23.1. The van der Waals surface area contributed by atoms with Crippen LogP contribution in [0.4, 0.5) is 5.69 Å². The molecular weight excluding hydrogens is 222 g/mol. The predicted molar refractivity (Wildman–Crippen MR) is 63.1 cm³/mol. The summed E-state index contributed by atoms with van der Waals surface area (Å²) in [5.74, 6) is -0.170. The van der Waals surface area contributed by atoms with E-state index < -0.39 is 0 Å². The number of ether oxygens (including phenoxy) is 1. The molecule has 2 heterocycles. The van der Waals surface area contributed by atoms with Gasteiger partial charge in [-0.2, -0.15) is 0 Å². The van der Waals surface area contributed by atoms with Crippen molar-refractivity contribution in [1.29, 1.82) is 0 Å². The van der Waals surface area contributed by atoms with E-state index in [1.54, 1.807) is 23.9 Å². The molecule has 1 fully saturated rings. The Labute approximate surface area is 98.6 Å². The minimum Gasteiger partial charge on any atom is -0.377 e. The van der Waals surface area contributed by atoms with E-state index in [1.165, 1.54) is 6.07 Å². The summed E-state index contributed by atoms with van der Waals surface area (Å²) in [5.41, 5.74) is 0.396. The molecule has 2 rings (SSSR count). The second kappa shape index (κ2) is 5.11. The molecule has 0 radical (unpaired) electrons. The van der Waals surface area contributed by atoms with Crippen molar-refractivity contribution in [2.45, 2.75) is 6.04 Å². The number of amides is 1. The number of anilines is 1. The lowest BCUT2D eigenvalue weighted by Crippen LogP contribution is -2.37. The highest BCUT2D eigenvalue weighted by Gasteiger charge is 2.20. The average Bonchev–Trinajstić information content (AvgIpc) is 2.19. The lowest BCUT2D eigenvalue weighted by Gasteiger charge is -2.27. The summed E-state index contributed by atoms with van der Waals surface area (Å²) >= 11 is 0. The number of rotatable bonds is 4. The van der Waals surface area contributed by atoms with Crippen molar-refractivity contribution in [1.82, 2.24) is 9.88 Å². The van der Waals surface area contributed by atoms with E-state index in [4.69, 9.17) is 4.74 Å². The zero-order valence-electron chi connectivity index (χ0n) is 9.60. The van der Waals surface area contributed by atoms with Gasteiger partial charge in [-0.05, 0) is 13.1 Å². The maximum atomic E-state index is 11.8. The highest BCUT2D eigenvalue weighted by molar-refractivity contribution is 5.92. The first-order chi connectivity index (χ1) is 8.20. The SMILES string of the molecule is CNCC(=O)Nc1ccn(C2COC2)c(=O)c1. The van der Waals surface area contributed by atoms with Crippen LogP contribution in [0.2, 0.25) is 0 Å². The molecule has 1 aromatic rings. The molecule has 1 saturated heterocycles. The summed E-state index contributed by atoms with van der Waals surface area (Å²) in [5, 5.41) is 5.38. The van der Waals surface area contributed by atoms with Crippen molar-refractivity contribution in [2.24, 2.45) is 0 Å². The lowest BCUT2D eigenvalue weighted by atomic mass is 10.2. The van der Waals surface area contributed by atoms with Gasteiger partial charge in [-0.1, -0.05) is 0 Å². The summed E-state index contributed by atoms with van der Waals surface area (Å²) in [6, 6.07) is 3.27. The molecule has 92 valence electrons. The maximum absolute atomic E-state index is 11.8. The maximum Gasteiger partial charge on any atom is 0.253 e. The van der Waals surface area contributed by atoms with Gasteiger partial charge < -0.3 is 19.9 Å². The van der Waals surface area contributed by atoms with Crippen molar-refractivity contribution in [2.75, 3.05) is 32.1 Å². The van der Waals surface area contributed by atoms with E-state index >= 15 is 0 Å². The Morgan fingerprint density at radius 1 is 1.59 bits per heavy atom. The van der Waals surface area contributed by atoms with Crippen LogP contribution < -0.4 is 16.2 Å². The summed E-state index contributed by atoms with van der Waals surface area (Å²) in [7, 11) is 1.69. The van der Waals surface area contributed by atoms with E-state index in [9.17, 15) is 9.59 Å². The molecule has 0 atom stereocenters. The Kier molecular flexibility index (Phi) is 3.55. The molecule has 6 nitrogen and oxygen atoms in total. The molecule has 1 aliphatic heterocycles.